The molecule has 0 saturated heterocycles. The highest BCUT2D eigenvalue weighted by Crippen LogP contribution is 2.31. The Morgan fingerprint density at radius 2 is 2.11 bits per heavy atom. The van der Waals surface area contributed by atoms with Crippen LogP contribution in [0.5, 0.6) is 0 Å². The van der Waals surface area contributed by atoms with Crippen molar-refractivity contribution in [2.24, 2.45) is 5.73 Å². The van der Waals surface area contributed by atoms with Gasteiger partial charge in [0.25, 0.3) is 5.69 Å². The maximum Gasteiger partial charge on any atom is 0.274 e. The molecule has 1 atom stereocenters. The van der Waals surface area contributed by atoms with Gasteiger partial charge in [0.05, 0.1) is 15.5 Å². The quantitative estimate of drug-likeness (QED) is 0.605. The molecule has 0 aromatic heterocycles. The number of halogens is 1. The highest BCUT2D eigenvalue weighted by Gasteiger charge is 2.28. The number of hydrogen-bond donors (Lipinski definition) is 1. The topological polar surface area (TPSA) is 69.2 Å². The molecule has 0 bridgehead atoms. The number of nitrogens with zero attached hydrogens (tertiary/aromatic N) is 1. The van der Waals surface area contributed by atoms with Gasteiger partial charge in [-0.3, -0.25) is 10.1 Å². The van der Waals surface area contributed by atoms with E-state index in [1.165, 1.54) is 6.07 Å². The number of rotatable bonds is 7. The van der Waals surface area contributed by atoms with Crippen LogP contribution in [0.15, 0.2) is 18.2 Å². The zero-order valence-electron chi connectivity index (χ0n) is 11.5. The van der Waals surface area contributed by atoms with Gasteiger partial charge in [-0.15, -0.1) is 0 Å². The summed E-state index contributed by atoms with van der Waals surface area (Å²) in [4.78, 5) is 10.7. The Morgan fingerprint density at radius 1 is 1.42 bits per heavy atom. The molecule has 1 aromatic rings. The monoisotopic (exact) mass is 284 g/mol. The first kappa shape index (κ1) is 15.9. The molecule has 4 nitrogen and oxygen atoms in total. The second-order valence-corrected chi connectivity index (χ2v) is 5.40. The summed E-state index contributed by atoms with van der Waals surface area (Å²) >= 11 is 6.11. The van der Waals surface area contributed by atoms with Crippen LogP contribution in [-0.4, -0.2) is 10.5 Å². The lowest BCUT2D eigenvalue weighted by atomic mass is 9.84. The summed E-state index contributed by atoms with van der Waals surface area (Å²) in [7, 11) is 0. The molecule has 2 N–H and O–H groups in total. The van der Waals surface area contributed by atoms with Gasteiger partial charge in [0, 0.05) is 11.6 Å². The van der Waals surface area contributed by atoms with Crippen LogP contribution >= 0.6 is 11.6 Å². The number of nitro benzene ring substituents is 1. The molecule has 0 aliphatic rings. The summed E-state index contributed by atoms with van der Waals surface area (Å²) in [6.07, 6.45) is 4.14. The van der Waals surface area contributed by atoms with E-state index in [9.17, 15) is 10.1 Å². The Kier molecular flexibility index (Phi) is 5.76. The molecule has 5 heteroatoms. The van der Waals surface area contributed by atoms with Crippen LogP contribution in [0.3, 0.4) is 0 Å². The summed E-state index contributed by atoms with van der Waals surface area (Å²) in [5.74, 6) is 0. The fraction of sp³-hybridized carbons (Fsp3) is 0.571. The molecule has 1 unspecified atom stereocenters. The molecule has 1 rings (SSSR count). The smallest absolute Gasteiger partial charge is 0.274 e. The lowest BCUT2D eigenvalue weighted by molar-refractivity contribution is -0.385. The minimum atomic E-state index is -0.425. The third-order valence-electron chi connectivity index (χ3n) is 3.55. The highest BCUT2D eigenvalue weighted by atomic mass is 35.5. The second-order valence-electron chi connectivity index (χ2n) is 4.99. The van der Waals surface area contributed by atoms with Gasteiger partial charge < -0.3 is 5.73 Å². The number of nitro groups is 1. The minimum absolute atomic E-state index is 0.0623. The zero-order chi connectivity index (χ0) is 14.5. The van der Waals surface area contributed by atoms with E-state index in [0.717, 1.165) is 25.7 Å². The van der Waals surface area contributed by atoms with Crippen molar-refractivity contribution in [3.63, 3.8) is 0 Å². The maximum absolute atomic E-state index is 11.1. The van der Waals surface area contributed by atoms with Crippen LogP contribution in [0.25, 0.3) is 0 Å². The summed E-state index contributed by atoms with van der Waals surface area (Å²) in [6.45, 7) is 4.12. The molecule has 0 fully saturated rings. The van der Waals surface area contributed by atoms with Crippen molar-refractivity contribution in [2.45, 2.75) is 51.5 Å². The van der Waals surface area contributed by atoms with E-state index in [0.29, 0.717) is 17.0 Å². The molecule has 0 aliphatic carbocycles. The van der Waals surface area contributed by atoms with Crippen LogP contribution in [0.4, 0.5) is 5.69 Å². The van der Waals surface area contributed by atoms with E-state index in [4.69, 9.17) is 17.3 Å². The fourth-order valence-corrected chi connectivity index (χ4v) is 2.40. The van der Waals surface area contributed by atoms with Gasteiger partial charge in [-0.2, -0.15) is 0 Å². The fourth-order valence-electron chi connectivity index (χ4n) is 2.16. The van der Waals surface area contributed by atoms with E-state index in [2.05, 4.69) is 6.92 Å². The lowest BCUT2D eigenvalue weighted by Crippen LogP contribution is -2.41. The molecule has 0 heterocycles. The standard InChI is InChI=1S/C14H21ClN2O2/c1-3-5-9-14(16,4-2)10-11-12(15)7-6-8-13(11)17(18)19/h6-8H,3-5,9-10,16H2,1-2H3. The van der Waals surface area contributed by atoms with Gasteiger partial charge >= 0.3 is 0 Å². The van der Waals surface area contributed by atoms with Crippen molar-refractivity contribution < 1.29 is 4.92 Å². The van der Waals surface area contributed by atoms with Gasteiger partial charge in [0.1, 0.15) is 0 Å². The summed E-state index contributed by atoms with van der Waals surface area (Å²) in [5.41, 5.74) is 6.56. The molecule has 0 spiro atoms. The van der Waals surface area contributed by atoms with Crippen molar-refractivity contribution in [3.8, 4) is 0 Å². The Balaban J connectivity index is 3.05. The first-order valence-corrected chi connectivity index (χ1v) is 7.02. The molecule has 19 heavy (non-hydrogen) atoms. The van der Waals surface area contributed by atoms with Crippen molar-refractivity contribution in [1.82, 2.24) is 0 Å². The number of unbranched alkanes of at least 4 members (excludes halogenated alkanes) is 1. The molecule has 106 valence electrons. The van der Waals surface area contributed by atoms with E-state index < -0.39 is 10.5 Å². The minimum Gasteiger partial charge on any atom is -0.325 e. The predicted molar refractivity (Wildman–Crippen MR) is 78.5 cm³/mol. The Hall–Kier alpha value is -1.13. The molecular formula is C14H21ClN2O2. The number of nitrogens with two attached hydrogens (primary N) is 1. The zero-order valence-corrected chi connectivity index (χ0v) is 12.2. The first-order valence-electron chi connectivity index (χ1n) is 6.64. The molecule has 0 aliphatic heterocycles. The predicted octanol–water partition coefficient (Wildman–Crippen LogP) is 4.09. The van der Waals surface area contributed by atoms with Crippen molar-refractivity contribution in [3.05, 3.63) is 38.9 Å². The molecular weight excluding hydrogens is 264 g/mol. The van der Waals surface area contributed by atoms with Crippen LogP contribution in [-0.2, 0) is 6.42 Å². The van der Waals surface area contributed by atoms with Gasteiger partial charge in [0.15, 0.2) is 0 Å². The van der Waals surface area contributed by atoms with Crippen LogP contribution in [0.1, 0.15) is 45.1 Å². The van der Waals surface area contributed by atoms with Gasteiger partial charge in [-0.05, 0) is 25.3 Å². The summed E-state index contributed by atoms with van der Waals surface area (Å²) < 4.78 is 0. The Labute approximate surface area is 119 Å². The average Bonchev–Trinajstić information content (AvgIpc) is 2.38. The Morgan fingerprint density at radius 3 is 2.63 bits per heavy atom. The number of benzene rings is 1. The van der Waals surface area contributed by atoms with Gasteiger partial charge in [-0.1, -0.05) is 44.4 Å². The number of hydrogen-bond acceptors (Lipinski definition) is 3. The van der Waals surface area contributed by atoms with E-state index in [1.54, 1.807) is 12.1 Å². The second kappa shape index (κ2) is 6.87. The van der Waals surface area contributed by atoms with Crippen LogP contribution in [0.2, 0.25) is 5.02 Å². The molecule has 1 aromatic carbocycles. The third kappa shape index (κ3) is 4.18. The van der Waals surface area contributed by atoms with E-state index >= 15 is 0 Å². The SMILES string of the molecule is CCCCC(N)(CC)Cc1c(Cl)cccc1[N+](=O)[O-]. The van der Waals surface area contributed by atoms with Crippen molar-refractivity contribution in [1.29, 1.82) is 0 Å². The Bertz CT molecular complexity index is 451. The summed E-state index contributed by atoms with van der Waals surface area (Å²) in [6, 6.07) is 4.76. The molecule has 0 radical (unpaired) electrons. The van der Waals surface area contributed by atoms with E-state index in [1.807, 2.05) is 6.92 Å². The average molecular weight is 285 g/mol. The van der Waals surface area contributed by atoms with Crippen molar-refractivity contribution in [2.75, 3.05) is 0 Å². The maximum atomic E-state index is 11.1. The normalized spacial score (nSPS) is 14.1. The van der Waals surface area contributed by atoms with Crippen LogP contribution in [0, 0.1) is 10.1 Å². The van der Waals surface area contributed by atoms with Gasteiger partial charge in [0.2, 0.25) is 0 Å². The van der Waals surface area contributed by atoms with Crippen molar-refractivity contribution >= 4 is 17.3 Å². The molecule has 0 saturated carbocycles. The largest absolute Gasteiger partial charge is 0.325 e. The van der Waals surface area contributed by atoms with Crippen LogP contribution < -0.4 is 5.73 Å². The summed E-state index contributed by atoms with van der Waals surface area (Å²) in [5, 5.41) is 11.5. The first-order chi connectivity index (χ1) is 8.93. The van der Waals surface area contributed by atoms with Gasteiger partial charge in [-0.25, -0.2) is 0 Å². The third-order valence-corrected chi connectivity index (χ3v) is 3.91. The molecule has 0 amide bonds. The van der Waals surface area contributed by atoms with E-state index in [-0.39, 0.29) is 5.69 Å². The lowest BCUT2D eigenvalue weighted by Gasteiger charge is -2.28. The highest BCUT2D eigenvalue weighted by molar-refractivity contribution is 6.31.